The van der Waals surface area contributed by atoms with E-state index in [1.54, 1.807) is 67.0 Å². The van der Waals surface area contributed by atoms with Gasteiger partial charge in [-0.25, -0.2) is 13.6 Å². The number of ether oxygens (including phenoxy) is 1. The second-order valence-electron chi connectivity index (χ2n) is 8.08. The van der Waals surface area contributed by atoms with Gasteiger partial charge >= 0.3 is 5.69 Å². The van der Waals surface area contributed by atoms with Gasteiger partial charge in [0.15, 0.2) is 0 Å². The van der Waals surface area contributed by atoms with Crippen LogP contribution in [0.2, 0.25) is 0 Å². The summed E-state index contributed by atoms with van der Waals surface area (Å²) in [4.78, 5) is 29.5. The largest absolute Gasteiger partial charge is 0.489 e. The molecule has 1 amide bonds. The second-order valence-corrected chi connectivity index (χ2v) is 8.08. The summed E-state index contributed by atoms with van der Waals surface area (Å²) in [5, 5.41) is 2.69. The molecule has 2 aromatic heterocycles. The molecule has 37 heavy (non-hydrogen) atoms. The number of benzene rings is 3. The van der Waals surface area contributed by atoms with Crippen LogP contribution in [0.4, 0.5) is 14.5 Å². The lowest BCUT2D eigenvalue weighted by Crippen LogP contribution is -2.22. The number of imidazole rings is 1. The van der Waals surface area contributed by atoms with Gasteiger partial charge in [0.25, 0.3) is 0 Å². The summed E-state index contributed by atoms with van der Waals surface area (Å²) in [6, 6.07) is 18.5. The molecule has 0 aliphatic carbocycles. The van der Waals surface area contributed by atoms with Crippen molar-refractivity contribution in [1.29, 1.82) is 0 Å². The van der Waals surface area contributed by atoms with Crippen molar-refractivity contribution in [2.24, 2.45) is 0 Å². The second kappa shape index (κ2) is 9.90. The molecule has 0 saturated heterocycles. The van der Waals surface area contributed by atoms with Gasteiger partial charge in [0.1, 0.15) is 24.0 Å². The fraction of sp³-hybridized carbons (Fsp3) is 0.0357. The molecule has 0 spiro atoms. The van der Waals surface area contributed by atoms with Crippen LogP contribution in [0.25, 0.3) is 22.4 Å². The molecule has 1 N–H and O–H groups in total. The Morgan fingerprint density at radius 1 is 0.973 bits per heavy atom. The van der Waals surface area contributed by atoms with Crippen LogP contribution in [0.3, 0.4) is 0 Å². The number of hydrogen-bond donors (Lipinski definition) is 1. The molecular formula is C28H20F2N4O3. The molecule has 9 heteroatoms. The number of halogens is 2. The van der Waals surface area contributed by atoms with Crippen molar-refractivity contribution in [2.75, 3.05) is 5.32 Å². The van der Waals surface area contributed by atoms with Crippen LogP contribution in [0, 0.1) is 11.6 Å². The molecule has 5 aromatic rings. The van der Waals surface area contributed by atoms with Crippen LogP contribution in [0.5, 0.6) is 5.75 Å². The van der Waals surface area contributed by atoms with Gasteiger partial charge < -0.3 is 10.1 Å². The number of carbonyl (C=O) groups is 1. The Bertz CT molecular complexity index is 1690. The van der Waals surface area contributed by atoms with Gasteiger partial charge in [0, 0.05) is 17.4 Å². The first-order valence-electron chi connectivity index (χ1n) is 11.2. The van der Waals surface area contributed by atoms with Crippen molar-refractivity contribution >= 4 is 22.6 Å². The Balaban J connectivity index is 1.49. The van der Waals surface area contributed by atoms with Crippen LogP contribution in [0.15, 0.2) is 103 Å². The van der Waals surface area contributed by atoms with Crippen molar-refractivity contribution < 1.29 is 18.3 Å². The van der Waals surface area contributed by atoms with Crippen molar-refractivity contribution in [3.05, 3.63) is 126 Å². The Kier molecular flexibility index (Phi) is 6.34. The predicted octanol–water partition coefficient (Wildman–Crippen LogP) is 5.16. The maximum absolute atomic E-state index is 13.9. The number of nitrogens with zero attached hydrogens (tertiary/aromatic N) is 3. The van der Waals surface area contributed by atoms with E-state index in [0.29, 0.717) is 33.8 Å². The summed E-state index contributed by atoms with van der Waals surface area (Å²) in [6.45, 7) is 3.30. The lowest BCUT2D eigenvalue weighted by molar-refractivity contribution is -0.111. The van der Waals surface area contributed by atoms with Gasteiger partial charge in [-0.15, -0.1) is 0 Å². The van der Waals surface area contributed by atoms with Gasteiger partial charge in [-0.3, -0.25) is 18.9 Å². The summed E-state index contributed by atoms with van der Waals surface area (Å²) in [5.41, 5.74) is 2.57. The Morgan fingerprint density at radius 3 is 2.54 bits per heavy atom. The van der Waals surface area contributed by atoms with E-state index in [1.165, 1.54) is 15.2 Å². The fourth-order valence-electron chi connectivity index (χ4n) is 3.97. The molecule has 184 valence electrons. The number of carbonyl (C=O) groups excluding carboxylic acids is 1. The predicted molar refractivity (Wildman–Crippen MR) is 136 cm³/mol. The number of aromatic nitrogens is 3. The number of fused-ring (bicyclic) bond motifs is 1. The normalized spacial score (nSPS) is 10.9. The van der Waals surface area contributed by atoms with Gasteiger partial charge in [-0.05, 0) is 72.8 Å². The lowest BCUT2D eigenvalue weighted by Gasteiger charge is -2.09. The first-order valence-corrected chi connectivity index (χ1v) is 11.2. The molecule has 0 radical (unpaired) electrons. The molecule has 2 heterocycles. The Hall–Kier alpha value is -5.05. The Labute approximate surface area is 209 Å². The fourth-order valence-corrected chi connectivity index (χ4v) is 3.97. The number of pyridine rings is 1. The van der Waals surface area contributed by atoms with Crippen molar-refractivity contribution in [3.63, 3.8) is 0 Å². The summed E-state index contributed by atoms with van der Waals surface area (Å²) < 4.78 is 35.9. The van der Waals surface area contributed by atoms with E-state index in [-0.39, 0.29) is 23.8 Å². The minimum absolute atomic E-state index is 0.0981. The lowest BCUT2D eigenvalue weighted by atomic mass is 10.2. The smallest absolute Gasteiger partial charge is 0.338 e. The van der Waals surface area contributed by atoms with Crippen molar-refractivity contribution in [3.8, 4) is 17.1 Å². The highest BCUT2D eigenvalue weighted by molar-refractivity contribution is 5.99. The summed E-state index contributed by atoms with van der Waals surface area (Å²) in [7, 11) is 0. The number of nitrogens with one attached hydrogen (secondary N) is 1. The van der Waals surface area contributed by atoms with Gasteiger partial charge in [-0.1, -0.05) is 12.6 Å². The molecule has 0 aliphatic heterocycles. The Morgan fingerprint density at radius 2 is 1.76 bits per heavy atom. The summed E-state index contributed by atoms with van der Waals surface area (Å²) in [5.74, 6) is -1.04. The van der Waals surface area contributed by atoms with Gasteiger partial charge in [-0.2, -0.15) is 0 Å². The van der Waals surface area contributed by atoms with Gasteiger partial charge in [0.2, 0.25) is 5.91 Å². The van der Waals surface area contributed by atoms with E-state index in [0.717, 1.165) is 18.2 Å². The van der Waals surface area contributed by atoms with E-state index in [2.05, 4.69) is 16.9 Å². The average Bonchev–Trinajstić information content (AvgIpc) is 3.21. The van der Waals surface area contributed by atoms with Gasteiger partial charge in [0.05, 0.1) is 28.6 Å². The summed E-state index contributed by atoms with van der Waals surface area (Å²) >= 11 is 0. The third-order valence-corrected chi connectivity index (χ3v) is 5.70. The number of anilines is 1. The van der Waals surface area contributed by atoms with E-state index < -0.39 is 11.6 Å². The molecule has 7 nitrogen and oxygen atoms in total. The minimum Gasteiger partial charge on any atom is -0.489 e. The molecule has 0 saturated carbocycles. The van der Waals surface area contributed by atoms with E-state index in [1.807, 2.05) is 0 Å². The van der Waals surface area contributed by atoms with E-state index in [9.17, 15) is 18.4 Å². The zero-order valence-corrected chi connectivity index (χ0v) is 19.4. The zero-order valence-electron chi connectivity index (χ0n) is 19.4. The molecule has 0 fully saturated rings. The van der Waals surface area contributed by atoms with Crippen LogP contribution in [0.1, 0.15) is 5.56 Å². The van der Waals surface area contributed by atoms with E-state index >= 15 is 0 Å². The van der Waals surface area contributed by atoms with Crippen LogP contribution in [-0.2, 0) is 11.4 Å². The SMILES string of the molecule is C=CC(=O)Nc1cccc(-n2c(=O)n(-c3ccc(OCc4cc(F)ccc4F)cc3)c3cnccc32)c1. The highest BCUT2D eigenvalue weighted by Crippen LogP contribution is 2.24. The van der Waals surface area contributed by atoms with Crippen molar-refractivity contribution in [2.45, 2.75) is 6.61 Å². The standard InChI is InChI=1S/C28H20F2N4O3/c1-2-27(35)32-20-4-3-5-22(15-20)34-25-12-13-31-16-26(25)33(28(34)36)21-7-9-23(10-8-21)37-17-18-14-19(29)6-11-24(18)30/h2-16H,1,17H2,(H,32,35). The highest BCUT2D eigenvalue weighted by Gasteiger charge is 2.17. The highest BCUT2D eigenvalue weighted by atomic mass is 19.1. The zero-order chi connectivity index (χ0) is 25.9. The first-order chi connectivity index (χ1) is 17.9. The van der Waals surface area contributed by atoms with Crippen LogP contribution in [-0.4, -0.2) is 20.0 Å². The summed E-state index contributed by atoms with van der Waals surface area (Å²) in [6.07, 6.45) is 4.35. The van der Waals surface area contributed by atoms with Crippen LogP contribution < -0.4 is 15.7 Å². The first kappa shape index (κ1) is 23.7. The minimum atomic E-state index is -0.557. The number of amides is 1. The third-order valence-electron chi connectivity index (χ3n) is 5.70. The molecular weight excluding hydrogens is 478 g/mol. The van der Waals surface area contributed by atoms with Crippen molar-refractivity contribution in [1.82, 2.24) is 14.1 Å². The third kappa shape index (κ3) is 4.74. The molecule has 0 aliphatic rings. The molecule has 0 unspecified atom stereocenters. The molecule has 0 atom stereocenters. The average molecular weight is 498 g/mol. The maximum atomic E-state index is 13.9. The molecule has 5 rings (SSSR count). The van der Waals surface area contributed by atoms with Crippen LogP contribution >= 0.6 is 0 Å². The monoisotopic (exact) mass is 498 g/mol. The molecule has 0 bridgehead atoms. The quantitative estimate of drug-likeness (QED) is 0.315. The number of hydrogen-bond acceptors (Lipinski definition) is 4. The topological polar surface area (TPSA) is 78.2 Å². The molecule has 3 aromatic carbocycles. The maximum Gasteiger partial charge on any atom is 0.338 e. The van der Waals surface area contributed by atoms with E-state index in [4.69, 9.17) is 4.74 Å². The number of rotatable bonds is 7.